The van der Waals surface area contributed by atoms with Gasteiger partial charge in [-0.3, -0.25) is 4.79 Å². The van der Waals surface area contributed by atoms with E-state index in [2.05, 4.69) is 19.2 Å². The van der Waals surface area contributed by atoms with Crippen LogP contribution in [0.5, 0.6) is 0 Å². The fourth-order valence-corrected chi connectivity index (χ4v) is 2.70. The van der Waals surface area contributed by atoms with Gasteiger partial charge in [-0.05, 0) is 44.9 Å². The number of rotatable bonds is 4. The Morgan fingerprint density at radius 1 is 1.35 bits per heavy atom. The van der Waals surface area contributed by atoms with Crippen molar-refractivity contribution in [1.29, 1.82) is 0 Å². The second-order valence-electron chi connectivity index (χ2n) is 6.26. The Balaban J connectivity index is 2.42. The molecule has 0 bridgehead atoms. The molecule has 1 rings (SSSR count). The van der Waals surface area contributed by atoms with E-state index in [1.54, 1.807) is 0 Å². The van der Waals surface area contributed by atoms with Crippen molar-refractivity contribution in [1.82, 2.24) is 5.32 Å². The van der Waals surface area contributed by atoms with E-state index in [-0.39, 0.29) is 5.97 Å². The molecule has 0 heterocycles. The summed E-state index contributed by atoms with van der Waals surface area (Å²) >= 11 is 0. The number of nitrogens with one attached hydrogen (secondary N) is 1. The van der Waals surface area contributed by atoms with Gasteiger partial charge in [0, 0.05) is 12.6 Å². The van der Waals surface area contributed by atoms with Gasteiger partial charge in [0.25, 0.3) is 0 Å². The van der Waals surface area contributed by atoms with Gasteiger partial charge in [-0.2, -0.15) is 0 Å². The van der Waals surface area contributed by atoms with E-state index in [0.29, 0.717) is 18.5 Å². The molecule has 1 saturated carbocycles. The molecule has 100 valence electrons. The molecule has 3 unspecified atom stereocenters. The van der Waals surface area contributed by atoms with E-state index in [0.717, 1.165) is 5.92 Å². The third kappa shape index (κ3) is 3.98. The lowest BCUT2D eigenvalue weighted by Crippen LogP contribution is -2.45. The molecule has 3 atom stereocenters. The Bertz CT molecular complexity index is 263. The van der Waals surface area contributed by atoms with Crippen LogP contribution < -0.4 is 5.32 Å². The molecule has 3 nitrogen and oxygen atoms in total. The highest BCUT2D eigenvalue weighted by molar-refractivity contribution is 5.76. The van der Waals surface area contributed by atoms with Gasteiger partial charge in [0.15, 0.2) is 0 Å². The number of hydrogen-bond donors (Lipinski definition) is 1. The molecule has 0 aliphatic heterocycles. The molecule has 1 fully saturated rings. The van der Waals surface area contributed by atoms with Crippen molar-refractivity contribution in [2.75, 3.05) is 13.7 Å². The molecule has 17 heavy (non-hydrogen) atoms. The van der Waals surface area contributed by atoms with E-state index in [4.69, 9.17) is 4.74 Å². The normalized spacial score (nSPS) is 30.1. The van der Waals surface area contributed by atoms with Crippen LogP contribution in [0.1, 0.15) is 47.0 Å². The molecule has 1 aliphatic rings. The third-order valence-electron chi connectivity index (χ3n) is 3.98. The van der Waals surface area contributed by atoms with Crippen LogP contribution in [-0.2, 0) is 9.53 Å². The van der Waals surface area contributed by atoms with Gasteiger partial charge in [0.1, 0.15) is 0 Å². The summed E-state index contributed by atoms with van der Waals surface area (Å²) in [7, 11) is 1.45. The average Bonchev–Trinajstić information content (AvgIpc) is 2.26. The van der Waals surface area contributed by atoms with Crippen molar-refractivity contribution >= 4 is 5.97 Å². The summed E-state index contributed by atoms with van der Waals surface area (Å²) in [5.74, 6) is 1.41. The van der Waals surface area contributed by atoms with Crippen molar-refractivity contribution < 1.29 is 9.53 Å². The lowest BCUT2D eigenvalue weighted by Gasteiger charge is -2.35. The zero-order valence-electron chi connectivity index (χ0n) is 11.9. The Labute approximate surface area is 105 Å². The maximum Gasteiger partial charge on any atom is 0.312 e. The molecule has 0 saturated heterocycles. The van der Waals surface area contributed by atoms with Crippen LogP contribution in [-0.4, -0.2) is 25.7 Å². The number of carbonyl (C=O) groups excluding carboxylic acids is 1. The van der Waals surface area contributed by atoms with Gasteiger partial charge in [-0.15, -0.1) is 0 Å². The first-order valence-corrected chi connectivity index (χ1v) is 6.68. The summed E-state index contributed by atoms with van der Waals surface area (Å²) in [5.41, 5.74) is -0.433. The van der Waals surface area contributed by atoms with E-state index < -0.39 is 5.41 Å². The Kier molecular flexibility index (Phi) is 4.99. The Hall–Kier alpha value is -0.570. The Morgan fingerprint density at radius 3 is 2.53 bits per heavy atom. The number of esters is 1. The molecular formula is C14H27NO2. The first-order valence-electron chi connectivity index (χ1n) is 6.68. The number of ether oxygens (including phenoxy) is 1. The summed E-state index contributed by atoms with van der Waals surface area (Å²) in [5, 5.41) is 3.55. The summed E-state index contributed by atoms with van der Waals surface area (Å²) < 4.78 is 4.82. The minimum Gasteiger partial charge on any atom is -0.469 e. The van der Waals surface area contributed by atoms with Crippen molar-refractivity contribution in [3.05, 3.63) is 0 Å². The fourth-order valence-electron chi connectivity index (χ4n) is 2.70. The molecule has 1 N–H and O–H groups in total. The standard InChI is InChI=1S/C14H27NO2/c1-10-6-7-12(11(2)8-10)15-9-14(3,4)13(16)17-5/h10-12,15H,6-9H2,1-5H3. The number of carbonyl (C=O) groups is 1. The van der Waals surface area contributed by atoms with Gasteiger partial charge in [0.05, 0.1) is 12.5 Å². The quantitative estimate of drug-likeness (QED) is 0.769. The molecule has 0 aromatic heterocycles. The second kappa shape index (κ2) is 5.85. The molecule has 0 spiro atoms. The van der Waals surface area contributed by atoms with Gasteiger partial charge < -0.3 is 10.1 Å². The smallest absolute Gasteiger partial charge is 0.312 e. The summed E-state index contributed by atoms with van der Waals surface area (Å²) in [6.45, 7) is 9.19. The molecule has 0 radical (unpaired) electrons. The number of hydrogen-bond acceptors (Lipinski definition) is 3. The minimum atomic E-state index is -0.433. The highest BCUT2D eigenvalue weighted by atomic mass is 16.5. The highest BCUT2D eigenvalue weighted by Gasteiger charge is 2.31. The molecular weight excluding hydrogens is 214 g/mol. The lowest BCUT2D eigenvalue weighted by molar-refractivity contribution is -0.150. The SMILES string of the molecule is COC(=O)C(C)(C)CNC1CCC(C)CC1C. The van der Waals surface area contributed by atoms with Gasteiger partial charge >= 0.3 is 5.97 Å². The Morgan fingerprint density at radius 2 is 2.00 bits per heavy atom. The van der Waals surface area contributed by atoms with Gasteiger partial charge in [-0.1, -0.05) is 13.8 Å². The van der Waals surface area contributed by atoms with Crippen LogP contribution in [0.15, 0.2) is 0 Å². The van der Waals surface area contributed by atoms with Gasteiger partial charge in [-0.25, -0.2) is 0 Å². The summed E-state index contributed by atoms with van der Waals surface area (Å²) in [6.07, 6.45) is 3.80. The zero-order chi connectivity index (χ0) is 13.1. The molecule has 1 aliphatic carbocycles. The second-order valence-corrected chi connectivity index (χ2v) is 6.26. The maximum absolute atomic E-state index is 11.6. The van der Waals surface area contributed by atoms with Crippen molar-refractivity contribution in [2.45, 2.75) is 53.0 Å². The van der Waals surface area contributed by atoms with Crippen molar-refractivity contribution in [3.8, 4) is 0 Å². The van der Waals surface area contributed by atoms with Crippen LogP contribution in [0.3, 0.4) is 0 Å². The van der Waals surface area contributed by atoms with Crippen LogP contribution >= 0.6 is 0 Å². The average molecular weight is 241 g/mol. The van der Waals surface area contributed by atoms with Crippen LogP contribution in [0.4, 0.5) is 0 Å². The third-order valence-corrected chi connectivity index (χ3v) is 3.98. The lowest BCUT2D eigenvalue weighted by atomic mass is 9.79. The van der Waals surface area contributed by atoms with E-state index in [1.165, 1.54) is 26.4 Å². The van der Waals surface area contributed by atoms with E-state index in [9.17, 15) is 4.79 Å². The first kappa shape index (κ1) is 14.5. The van der Waals surface area contributed by atoms with Crippen molar-refractivity contribution in [2.24, 2.45) is 17.3 Å². The van der Waals surface area contributed by atoms with Crippen molar-refractivity contribution in [3.63, 3.8) is 0 Å². The van der Waals surface area contributed by atoms with E-state index in [1.807, 2.05) is 13.8 Å². The predicted octanol–water partition coefficient (Wildman–Crippen LogP) is 2.60. The molecule has 3 heteroatoms. The van der Waals surface area contributed by atoms with Gasteiger partial charge in [0.2, 0.25) is 0 Å². The number of methoxy groups -OCH3 is 1. The fraction of sp³-hybridized carbons (Fsp3) is 0.929. The maximum atomic E-state index is 11.6. The topological polar surface area (TPSA) is 38.3 Å². The van der Waals surface area contributed by atoms with Crippen LogP contribution in [0.25, 0.3) is 0 Å². The summed E-state index contributed by atoms with van der Waals surface area (Å²) in [6, 6.07) is 0.551. The molecule has 0 aromatic rings. The van der Waals surface area contributed by atoms with Crippen LogP contribution in [0.2, 0.25) is 0 Å². The molecule has 0 amide bonds. The van der Waals surface area contributed by atoms with Crippen LogP contribution in [0, 0.1) is 17.3 Å². The summed E-state index contributed by atoms with van der Waals surface area (Å²) in [4.78, 5) is 11.6. The molecule has 0 aromatic carbocycles. The van der Waals surface area contributed by atoms with E-state index >= 15 is 0 Å². The monoisotopic (exact) mass is 241 g/mol. The highest BCUT2D eigenvalue weighted by Crippen LogP contribution is 2.29. The zero-order valence-corrected chi connectivity index (χ0v) is 11.9. The first-order chi connectivity index (χ1) is 7.86. The largest absolute Gasteiger partial charge is 0.469 e. The predicted molar refractivity (Wildman–Crippen MR) is 69.8 cm³/mol. The minimum absolute atomic E-state index is 0.137.